The van der Waals surface area contributed by atoms with Gasteiger partial charge < -0.3 is 10.6 Å². The van der Waals surface area contributed by atoms with E-state index in [4.69, 9.17) is 0 Å². The Morgan fingerprint density at radius 2 is 2.33 bits per heavy atom. The van der Waals surface area contributed by atoms with Crippen molar-refractivity contribution in [2.45, 2.75) is 51.0 Å². The van der Waals surface area contributed by atoms with Gasteiger partial charge in [-0.2, -0.15) is 0 Å². The largest absolute Gasteiger partial charge is 0.315 e. The Hall–Kier alpha value is -0.340. The molecule has 15 heavy (non-hydrogen) atoms. The molecule has 0 amide bonds. The molecule has 0 radical (unpaired) electrons. The van der Waals surface area contributed by atoms with Crippen LogP contribution >= 0.6 is 0 Å². The van der Waals surface area contributed by atoms with Gasteiger partial charge in [0.15, 0.2) is 0 Å². The number of hydrogen-bond donors (Lipinski definition) is 2. The fraction of sp³-hybridized carbons (Fsp3) is 0.846. The number of piperidine rings is 1. The first-order chi connectivity index (χ1) is 7.45. The second-order valence-corrected chi connectivity index (χ2v) is 4.86. The maximum absolute atomic E-state index is 3.67. The van der Waals surface area contributed by atoms with Gasteiger partial charge in [0.1, 0.15) is 0 Å². The van der Waals surface area contributed by atoms with E-state index in [-0.39, 0.29) is 0 Å². The highest BCUT2D eigenvalue weighted by molar-refractivity contribution is 5.05. The fourth-order valence-electron chi connectivity index (χ4n) is 2.59. The Bertz CT molecular complexity index is 205. The van der Waals surface area contributed by atoms with E-state index in [1.54, 1.807) is 5.57 Å². The molecule has 2 aliphatic rings. The third kappa shape index (κ3) is 3.96. The Morgan fingerprint density at radius 3 is 3.07 bits per heavy atom. The van der Waals surface area contributed by atoms with Gasteiger partial charge in [-0.15, -0.1) is 0 Å². The van der Waals surface area contributed by atoms with E-state index in [1.807, 2.05) is 0 Å². The predicted octanol–water partition coefficient (Wildman–Crippen LogP) is 2.22. The lowest BCUT2D eigenvalue weighted by atomic mass is 9.97. The lowest BCUT2D eigenvalue weighted by Gasteiger charge is -2.24. The normalized spacial score (nSPS) is 27.5. The summed E-state index contributed by atoms with van der Waals surface area (Å²) in [4.78, 5) is 0. The highest BCUT2D eigenvalue weighted by Crippen LogP contribution is 2.19. The van der Waals surface area contributed by atoms with Crippen LogP contribution in [-0.2, 0) is 0 Å². The first-order valence-electron chi connectivity index (χ1n) is 6.57. The third-order valence-corrected chi connectivity index (χ3v) is 3.56. The smallest absolute Gasteiger partial charge is 0.0193 e. The first-order valence-corrected chi connectivity index (χ1v) is 6.57. The summed E-state index contributed by atoms with van der Waals surface area (Å²) in [6.45, 7) is 3.56. The zero-order valence-electron chi connectivity index (χ0n) is 9.73. The summed E-state index contributed by atoms with van der Waals surface area (Å²) < 4.78 is 0. The molecule has 1 saturated heterocycles. The van der Waals surface area contributed by atoms with E-state index in [1.165, 1.54) is 64.6 Å². The zero-order valence-corrected chi connectivity index (χ0v) is 9.73. The molecular weight excluding hydrogens is 184 g/mol. The van der Waals surface area contributed by atoms with Gasteiger partial charge >= 0.3 is 0 Å². The van der Waals surface area contributed by atoms with Crippen molar-refractivity contribution < 1.29 is 0 Å². The lowest BCUT2D eigenvalue weighted by Crippen LogP contribution is -2.43. The van der Waals surface area contributed by atoms with Crippen LogP contribution in [0.5, 0.6) is 0 Å². The molecule has 1 aliphatic heterocycles. The van der Waals surface area contributed by atoms with Gasteiger partial charge in [0, 0.05) is 12.6 Å². The minimum Gasteiger partial charge on any atom is -0.315 e. The minimum atomic E-state index is 0.725. The maximum atomic E-state index is 3.67. The van der Waals surface area contributed by atoms with E-state index < -0.39 is 0 Å². The monoisotopic (exact) mass is 208 g/mol. The lowest BCUT2D eigenvalue weighted by molar-refractivity contribution is 0.391. The van der Waals surface area contributed by atoms with Crippen molar-refractivity contribution in [2.75, 3.05) is 19.6 Å². The molecule has 2 heteroatoms. The van der Waals surface area contributed by atoms with Crippen molar-refractivity contribution in [3.05, 3.63) is 11.6 Å². The molecule has 0 aromatic carbocycles. The van der Waals surface area contributed by atoms with E-state index in [9.17, 15) is 0 Å². The third-order valence-electron chi connectivity index (χ3n) is 3.56. The molecule has 0 bridgehead atoms. The van der Waals surface area contributed by atoms with E-state index in [0.29, 0.717) is 0 Å². The molecule has 0 aromatic heterocycles. The van der Waals surface area contributed by atoms with Crippen molar-refractivity contribution in [2.24, 2.45) is 0 Å². The molecular formula is C13H24N2. The summed E-state index contributed by atoms with van der Waals surface area (Å²) in [7, 11) is 0. The van der Waals surface area contributed by atoms with Gasteiger partial charge in [-0.25, -0.2) is 0 Å². The Labute approximate surface area is 93.5 Å². The SMILES string of the molecule is C1=C(CCNC2CCCNC2)CCCC1. The van der Waals surface area contributed by atoms with Gasteiger partial charge in [-0.1, -0.05) is 11.6 Å². The number of rotatable bonds is 4. The summed E-state index contributed by atoms with van der Waals surface area (Å²) in [6, 6.07) is 0.725. The Kier molecular flexibility index (Phi) is 4.68. The summed E-state index contributed by atoms with van der Waals surface area (Å²) in [6.07, 6.45) is 11.9. The van der Waals surface area contributed by atoms with E-state index in [0.717, 1.165) is 6.04 Å². The van der Waals surface area contributed by atoms with Gasteiger partial charge in [0.25, 0.3) is 0 Å². The molecule has 2 N–H and O–H groups in total. The van der Waals surface area contributed by atoms with Crippen LogP contribution in [0.15, 0.2) is 11.6 Å². The second-order valence-electron chi connectivity index (χ2n) is 4.86. The standard InChI is InChI=1S/C13H24N2/c1-2-5-12(6-3-1)8-10-15-13-7-4-9-14-11-13/h5,13-15H,1-4,6-11H2. The molecule has 1 unspecified atom stereocenters. The van der Waals surface area contributed by atoms with Crippen LogP contribution in [0.1, 0.15) is 44.9 Å². The first kappa shape index (κ1) is 11.2. The van der Waals surface area contributed by atoms with Crippen LogP contribution in [0.3, 0.4) is 0 Å². The van der Waals surface area contributed by atoms with Crippen LogP contribution in [0.2, 0.25) is 0 Å². The Morgan fingerprint density at radius 1 is 1.33 bits per heavy atom. The summed E-state index contributed by atoms with van der Waals surface area (Å²) >= 11 is 0. The van der Waals surface area contributed by atoms with E-state index >= 15 is 0 Å². The van der Waals surface area contributed by atoms with Crippen molar-refractivity contribution in [3.8, 4) is 0 Å². The number of hydrogen-bond acceptors (Lipinski definition) is 2. The van der Waals surface area contributed by atoms with Crippen LogP contribution in [0.4, 0.5) is 0 Å². The zero-order chi connectivity index (χ0) is 10.3. The quantitative estimate of drug-likeness (QED) is 0.692. The molecule has 0 spiro atoms. The molecule has 2 nitrogen and oxygen atoms in total. The average molecular weight is 208 g/mol. The molecule has 0 saturated carbocycles. The van der Waals surface area contributed by atoms with Crippen molar-refractivity contribution in [3.63, 3.8) is 0 Å². The highest BCUT2D eigenvalue weighted by atomic mass is 15.0. The molecule has 1 fully saturated rings. The van der Waals surface area contributed by atoms with Crippen molar-refractivity contribution in [1.82, 2.24) is 10.6 Å². The average Bonchev–Trinajstić information content (AvgIpc) is 2.32. The molecule has 2 rings (SSSR count). The van der Waals surface area contributed by atoms with Crippen LogP contribution < -0.4 is 10.6 Å². The fourth-order valence-corrected chi connectivity index (χ4v) is 2.59. The molecule has 1 aliphatic carbocycles. The maximum Gasteiger partial charge on any atom is 0.0193 e. The number of allylic oxidation sites excluding steroid dienone is 1. The number of nitrogens with one attached hydrogen (secondary N) is 2. The predicted molar refractivity (Wildman–Crippen MR) is 65.1 cm³/mol. The van der Waals surface area contributed by atoms with Crippen molar-refractivity contribution in [1.29, 1.82) is 0 Å². The molecule has 0 aromatic rings. The molecule has 86 valence electrons. The molecule has 1 heterocycles. The van der Waals surface area contributed by atoms with Gasteiger partial charge in [-0.05, 0) is 58.0 Å². The summed E-state index contributed by atoms with van der Waals surface area (Å²) in [5.41, 5.74) is 1.69. The van der Waals surface area contributed by atoms with Crippen molar-refractivity contribution >= 4 is 0 Å². The molecule has 1 atom stereocenters. The van der Waals surface area contributed by atoms with Gasteiger partial charge in [0.2, 0.25) is 0 Å². The van der Waals surface area contributed by atoms with E-state index in [2.05, 4.69) is 16.7 Å². The second kappa shape index (κ2) is 6.29. The van der Waals surface area contributed by atoms with Crippen LogP contribution in [-0.4, -0.2) is 25.7 Å². The van der Waals surface area contributed by atoms with Gasteiger partial charge in [-0.3, -0.25) is 0 Å². The topological polar surface area (TPSA) is 24.1 Å². The Balaban J connectivity index is 1.59. The van der Waals surface area contributed by atoms with Crippen LogP contribution in [0, 0.1) is 0 Å². The summed E-state index contributed by atoms with van der Waals surface area (Å²) in [5.74, 6) is 0. The summed E-state index contributed by atoms with van der Waals surface area (Å²) in [5, 5.41) is 7.11. The van der Waals surface area contributed by atoms with Crippen LogP contribution in [0.25, 0.3) is 0 Å². The minimum absolute atomic E-state index is 0.725. The van der Waals surface area contributed by atoms with Gasteiger partial charge in [0.05, 0.1) is 0 Å². The highest BCUT2D eigenvalue weighted by Gasteiger charge is 2.11.